The molecule has 3 unspecified atom stereocenters. The van der Waals surface area contributed by atoms with E-state index < -0.39 is 6.10 Å². The quantitative estimate of drug-likeness (QED) is 0.285. The number of nitroso groups, excluding NO2 is 1. The van der Waals surface area contributed by atoms with E-state index in [4.69, 9.17) is 4.74 Å². The van der Waals surface area contributed by atoms with Crippen LogP contribution in [0.25, 0.3) is 11.1 Å². The van der Waals surface area contributed by atoms with Crippen LogP contribution in [0.4, 0.5) is 11.4 Å². The molecule has 2 fully saturated rings. The molecule has 0 radical (unpaired) electrons. The monoisotopic (exact) mass is 456 g/mol. The standard InChI is InChI=1S/C27H24N2O5/c30-16-22-13-21(31)14-26(34-22)18-8-6-17(7-9-18)19-10-11-23(24(12-19)28-33)25-15-27(32)29(25)20-4-2-1-3-5-20/h1-12,16,21,25-26,30-31H,13-15H2/b22-16+. The van der Waals surface area contributed by atoms with Crippen molar-refractivity contribution in [2.24, 2.45) is 5.18 Å². The van der Waals surface area contributed by atoms with Gasteiger partial charge < -0.3 is 19.8 Å². The molecule has 7 heteroatoms. The number of para-hydroxylation sites is 1. The summed E-state index contributed by atoms with van der Waals surface area (Å²) in [5, 5.41) is 22.5. The number of nitrogens with zero attached hydrogens (tertiary/aromatic N) is 2. The van der Waals surface area contributed by atoms with E-state index >= 15 is 0 Å². The number of rotatable bonds is 5. The van der Waals surface area contributed by atoms with Crippen LogP contribution in [-0.2, 0) is 9.53 Å². The van der Waals surface area contributed by atoms with Crippen LogP contribution in [0.3, 0.4) is 0 Å². The number of ether oxygens (including phenoxy) is 1. The third kappa shape index (κ3) is 4.06. The van der Waals surface area contributed by atoms with Crippen LogP contribution in [0.15, 0.2) is 90.0 Å². The third-order valence-corrected chi connectivity index (χ3v) is 6.45. The van der Waals surface area contributed by atoms with E-state index in [-0.39, 0.29) is 18.1 Å². The summed E-state index contributed by atoms with van der Waals surface area (Å²) in [7, 11) is 0. The lowest BCUT2D eigenvalue weighted by Crippen LogP contribution is -2.46. The van der Waals surface area contributed by atoms with Gasteiger partial charge in [0, 0.05) is 24.1 Å². The highest BCUT2D eigenvalue weighted by molar-refractivity contribution is 6.01. The summed E-state index contributed by atoms with van der Waals surface area (Å²) in [4.78, 5) is 25.7. The first-order valence-corrected chi connectivity index (χ1v) is 11.2. The topological polar surface area (TPSA) is 99.4 Å². The molecule has 2 N–H and O–H groups in total. The first kappa shape index (κ1) is 21.9. The molecule has 172 valence electrons. The summed E-state index contributed by atoms with van der Waals surface area (Å²) in [6, 6.07) is 22.4. The van der Waals surface area contributed by atoms with Crippen molar-refractivity contribution in [3.63, 3.8) is 0 Å². The lowest BCUT2D eigenvalue weighted by Gasteiger charge is -2.41. The second-order valence-electron chi connectivity index (χ2n) is 8.60. The summed E-state index contributed by atoms with van der Waals surface area (Å²) in [5.74, 6) is 0.381. The minimum absolute atomic E-state index is 0.0157. The van der Waals surface area contributed by atoms with Crippen LogP contribution >= 0.6 is 0 Å². The van der Waals surface area contributed by atoms with Crippen molar-refractivity contribution in [2.45, 2.75) is 37.5 Å². The van der Waals surface area contributed by atoms with Crippen molar-refractivity contribution in [3.8, 4) is 11.1 Å². The van der Waals surface area contributed by atoms with Crippen LogP contribution in [-0.4, -0.2) is 22.2 Å². The van der Waals surface area contributed by atoms with Gasteiger partial charge in [0.15, 0.2) is 0 Å². The molecule has 3 aromatic rings. The average Bonchev–Trinajstić information content (AvgIpc) is 2.87. The number of aliphatic hydroxyl groups is 2. The molecule has 1 amide bonds. The Labute approximate surface area is 196 Å². The van der Waals surface area contributed by atoms with Crippen LogP contribution < -0.4 is 4.90 Å². The maximum atomic E-state index is 12.3. The molecule has 3 aromatic carbocycles. The van der Waals surface area contributed by atoms with Gasteiger partial charge >= 0.3 is 0 Å². The van der Waals surface area contributed by atoms with Gasteiger partial charge in [0.25, 0.3) is 0 Å². The van der Waals surface area contributed by atoms with Gasteiger partial charge in [-0.2, -0.15) is 0 Å². The Hall–Kier alpha value is -3.97. The molecule has 2 aliphatic rings. The largest absolute Gasteiger partial charge is 0.512 e. The maximum Gasteiger partial charge on any atom is 0.230 e. The molecule has 34 heavy (non-hydrogen) atoms. The van der Waals surface area contributed by atoms with Crippen LogP contribution in [0.5, 0.6) is 0 Å². The number of carbonyl (C=O) groups excluding carboxylic acids is 1. The van der Waals surface area contributed by atoms with Gasteiger partial charge in [0.2, 0.25) is 5.91 Å². The van der Waals surface area contributed by atoms with E-state index in [0.29, 0.717) is 30.7 Å². The smallest absolute Gasteiger partial charge is 0.230 e. The fourth-order valence-electron chi connectivity index (χ4n) is 4.68. The number of hydrogen-bond donors (Lipinski definition) is 2. The first-order chi connectivity index (χ1) is 16.6. The lowest BCUT2D eigenvalue weighted by atomic mass is 9.90. The minimum atomic E-state index is -0.570. The molecule has 0 aliphatic carbocycles. The van der Waals surface area contributed by atoms with Gasteiger partial charge in [-0.3, -0.25) is 4.79 Å². The van der Waals surface area contributed by atoms with Crippen molar-refractivity contribution in [1.82, 2.24) is 0 Å². The average molecular weight is 456 g/mol. The van der Waals surface area contributed by atoms with E-state index in [1.54, 1.807) is 11.0 Å². The molecule has 0 spiro atoms. The highest BCUT2D eigenvalue weighted by atomic mass is 16.5. The number of benzene rings is 3. The second-order valence-corrected chi connectivity index (χ2v) is 8.60. The van der Waals surface area contributed by atoms with Gasteiger partial charge in [-0.1, -0.05) is 54.6 Å². The van der Waals surface area contributed by atoms with Gasteiger partial charge in [-0.15, -0.1) is 4.91 Å². The summed E-state index contributed by atoms with van der Waals surface area (Å²) < 4.78 is 5.75. The fraction of sp³-hybridized carbons (Fsp3) is 0.222. The van der Waals surface area contributed by atoms with Crippen LogP contribution in [0, 0.1) is 4.91 Å². The molecule has 0 bridgehead atoms. The first-order valence-electron chi connectivity index (χ1n) is 11.2. The summed E-state index contributed by atoms with van der Waals surface area (Å²) in [6.07, 6.45) is 1.07. The molecule has 7 nitrogen and oxygen atoms in total. The normalized spacial score (nSPS) is 23.3. The number of aliphatic hydroxyl groups excluding tert-OH is 2. The highest BCUT2D eigenvalue weighted by Crippen LogP contribution is 2.43. The fourth-order valence-corrected chi connectivity index (χ4v) is 4.68. The molecular weight excluding hydrogens is 432 g/mol. The van der Waals surface area contributed by atoms with E-state index in [1.165, 1.54) is 0 Å². The van der Waals surface area contributed by atoms with Crippen molar-refractivity contribution in [2.75, 3.05) is 4.90 Å². The number of hydrogen-bond acceptors (Lipinski definition) is 6. The zero-order valence-corrected chi connectivity index (χ0v) is 18.4. The number of anilines is 1. The van der Waals surface area contributed by atoms with Crippen molar-refractivity contribution < 1.29 is 19.7 Å². The lowest BCUT2D eigenvalue weighted by molar-refractivity contribution is -0.124. The number of amides is 1. The molecule has 0 saturated carbocycles. The SMILES string of the molecule is O=Nc1cc(-c2ccc(C3CC(O)C/C(=C\O)O3)cc2)ccc1C1CC(=O)N1c1ccccc1. The summed E-state index contributed by atoms with van der Waals surface area (Å²) in [5.41, 5.74) is 4.47. The Morgan fingerprint density at radius 3 is 2.38 bits per heavy atom. The molecule has 3 atom stereocenters. The molecule has 2 saturated heterocycles. The maximum absolute atomic E-state index is 12.3. The molecule has 2 aliphatic heterocycles. The molecular formula is C27H24N2O5. The van der Waals surface area contributed by atoms with E-state index in [2.05, 4.69) is 5.18 Å². The minimum Gasteiger partial charge on any atom is -0.512 e. The third-order valence-electron chi connectivity index (χ3n) is 6.45. The molecule has 2 heterocycles. The predicted molar refractivity (Wildman–Crippen MR) is 128 cm³/mol. The number of carbonyl (C=O) groups is 1. The molecule has 0 aromatic heterocycles. The van der Waals surface area contributed by atoms with Crippen molar-refractivity contribution in [1.29, 1.82) is 0 Å². The Kier molecular flexibility index (Phi) is 5.86. The van der Waals surface area contributed by atoms with E-state index in [1.807, 2.05) is 66.7 Å². The van der Waals surface area contributed by atoms with Gasteiger partial charge in [-0.05, 0) is 40.1 Å². The zero-order chi connectivity index (χ0) is 23.7. The van der Waals surface area contributed by atoms with Gasteiger partial charge in [-0.25, -0.2) is 0 Å². The zero-order valence-electron chi connectivity index (χ0n) is 18.4. The van der Waals surface area contributed by atoms with Crippen LogP contribution in [0.1, 0.15) is 42.5 Å². The van der Waals surface area contributed by atoms with Crippen molar-refractivity contribution >= 4 is 17.3 Å². The van der Waals surface area contributed by atoms with Gasteiger partial charge in [0.05, 0.1) is 18.6 Å². The van der Waals surface area contributed by atoms with Crippen molar-refractivity contribution in [3.05, 3.63) is 101 Å². The Morgan fingerprint density at radius 1 is 0.971 bits per heavy atom. The highest BCUT2D eigenvalue weighted by Gasteiger charge is 2.39. The Bertz CT molecular complexity index is 1240. The van der Waals surface area contributed by atoms with E-state index in [9.17, 15) is 19.9 Å². The van der Waals surface area contributed by atoms with Gasteiger partial charge in [0.1, 0.15) is 23.8 Å². The number of β-lactam (4-membered cyclic amide) rings is 1. The predicted octanol–water partition coefficient (Wildman–Crippen LogP) is 5.84. The Morgan fingerprint density at radius 2 is 1.71 bits per heavy atom. The van der Waals surface area contributed by atoms with Crippen LogP contribution in [0.2, 0.25) is 0 Å². The van der Waals surface area contributed by atoms with E-state index in [0.717, 1.165) is 34.2 Å². The second kappa shape index (κ2) is 9.11. The summed E-state index contributed by atoms with van der Waals surface area (Å²) >= 11 is 0. The Balaban J connectivity index is 1.38. The summed E-state index contributed by atoms with van der Waals surface area (Å²) in [6.45, 7) is 0. The molecule has 5 rings (SSSR count).